The number of hydrogen-bond acceptors (Lipinski definition) is 6. The number of carboxylic acid groups (broad SMARTS) is 1. The molecule has 2 N–H and O–H groups in total. The fourth-order valence-corrected chi connectivity index (χ4v) is 1.91. The molecule has 0 unspecified atom stereocenters. The SMILES string of the molecule is CCOC(=O)C(C)(Nc1ccc(CC(=O)O)cc1)C(=O)OCC. The lowest BCUT2D eigenvalue weighted by atomic mass is 10.0. The van der Waals surface area contributed by atoms with Gasteiger partial charge in [0, 0.05) is 5.69 Å². The summed E-state index contributed by atoms with van der Waals surface area (Å²) in [6.07, 6.45) is -0.104. The quantitative estimate of drug-likeness (QED) is 0.553. The fourth-order valence-electron chi connectivity index (χ4n) is 1.91. The zero-order chi connectivity index (χ0) is 17.5. The number of rotatable bonds is 8. The number of aliphatic carboxylic acids is 1. The van der Waals surface area contributed by atoms with E-state index in [1.807, 2.05) is 0 Å². The number of ether oxygens (including phenoxy) is 2. The van der Waals surface area contributed by atoms with Crippen LogP contribution in [-0.2, 0) is 30.3 Å². The van der Waals surface area contributed by atoms with Gasteiger partial charge in [0.15, 0.2) is 0 Å². The first-order valence-electron chi connectivity index (χ1n) is 7.26. The van der Waals surface area contributed by atoms with Crippen molar-refractivity contribution in [2.24, 2.45) is 0 Å². The van der Waals surface area contributed by atoms with Gasteiger partial charge in [-0.2, -0.15) is 0 Å². The van der Waals surface area contributed by atoms with Gasteiger partial charge in [0.1, 0.15) is 0 Å². The number of anilines is 1. The van der Waals surface area contributed by atoms with E-state index in [0.717, 1.165) is 0 Å². The Balaban J connectivity index is 2.98. The Morgan fingerprint density at radius 1 is 1.04 bits per heavy atom. The third-order valence-electron chi connectivity index (χ3n) is 3.07. The lowest BCUT2D eigenvalue weighted by molar-refractivity contribution is -0.161. The Morgan fingerprint density at radius 2 is 1.52 bits per heavy atom. The second kappa shape index (κ2) is 8.17. The average molecular weight is 323 g/mol. The first-order valence-corrected chi connectivity index (χ1v) is 7.26. The Kier molecular flexibility index (Phi) is 6.56. The van der Waals surface area contributed by atoms with Crippen molar-refractivity contribution < 1.29 is 29.0 Å². The molecule has 0 aromatic heterocycles. The van der Waals surface area contributed by atoms with E-state index in [1.165, 1.54) is 6.92 Å². The first-order chi connectivity index (χ1) is 10.8. The minimum Gasteiger partial charge on any atom is -0.481 e. The fraction of sp³-hybridized carbons (Fsp3) is 0.438. The van der Waals surface area contributed by atoms with Gasteiger partial charge in [-0.15, -0.1) is 0 Å². The molecule has 0 bridgehead atoms. The second-order valence-corrected chi connectivity index (χ2v) is 4.96. The monoisotopic (exact) mass is 323 g/mol. The molecule has 0 heterocycles. The maximum Gasteiger partial charge on any atom is 0.343 e. The minimum absolute atomic E-state index is 0.104. The summed E-state index contributed by atoms with van der Waals surface area (Å²) in [6.45, 7) is 4.93. The lowest BCUT2D eigenvalue weighted by Crippen LogP contribution is -2.52. The zero-order valence-electron chi connectivity index (χ0n) is 13.4. The van der Waals surface area contributed by atoms with Crippen LogP contribution in [0.4, 0.5) is 5.69 Å². The van der Waals surface area contributed by atoms with E-state index in [-0.39, 0.29) is 19.6 Å². The van der Waals surface area contributed by atoms with Crippen LogP contribution in [0.1, 0.15) is 26.3 Å². The highest BCUT2D eigenvalue weighted by Crippen LogP contribution is 2.20. The maximum absolute atomic E-state index is 12.1. The molecule has 7 nitrogen and oxygen atoms in total. The molecule has 126 valence electrons. The molecule has 0 spiro atoms. The Bertz CT molecular complexity index is 548. The summed E-state index contributed by atoms with van der Waals surface area (Å²) in [5.74, 6) is -2.42. The summed E-state index contributed by atoms with van der Waals surface area (Å²) >= 11 is 0. The second-order valence-electron chi connectivity index (χ2n) is 4.96. The van der Waals surface area contributed by atoms with Gasteiger partial charge >= 0.3 is 17.9 Å². The normalized spacial score (nSPS) is 10.7. The van der Waals surface area contributed by atoms with Crippen molar-refractivity contribution in [3.63, 3.8) is 0 Å². The largest absolute Gasteiger partial charge is 0.481 e. The number of nitrogens with one attached hydrogen (secondary N) is 1. The molecule has 23 heavy (non-hydrogen) atoms. The minimum atomic E-state index is -1.68. The van der Waals surface area contributed by atoms with Crippen molar-refractivity contribution in [1.82, 2.24) is 0 Å². The molecule has 0 aliphatic rings. The zero-order valence-corrected chi connectivity index (χ0v) is 13.4. The first kappa shape index (κ1) is 18.5. The summed E-state index contributed by atoms with van der Waals surface area (Å²) in [5, 5.41) is 11.6. The van der Waals surface area contributed by atoms with Crippen molar-refractivity contribution >= 4 is 23.6 Å². The van der Waals surface area contributed by atoms with Crippen molar-refractivity contribution in [3.8, 4) is 0 Å². The van der Waals surface area contributed by atoms with Gasteiger partial charge in [-0.05, 0) is 38.5 Å². The van der Waals surface area contributed by atoms with Crippen LogP contribution in [-0.4, -0.2) is 41.8 Å². The van der Waals surface area contributed by atoms with E-state index < -0.39 is 23.4 Å². The molecule has 0 amide bonds. The van der Waals surface area contributed by atoms with Gasteiger partial charge in [0.2, 0.25) is 5.54 Å². The van der Waals surface area contributed by atoms with Crippen LogP contribution >= 0.6 is 0 Å². The molecule has 7 heteroatoms. The van der Waals surface area contributed by atoms with Crippen LogP contribution in [0.3, 0.4) is 0 Å². The Hall–Kier alpha value is -2.57. The van der Waals surface area contributed by atoms with Gasteiger partial charge in [-0.3, -0.25) is 4.79 Å². The number of carboxylic acids is 1. The number of hydrogen-bond donors (Lipinski definition) is 2. The summed E-state index contributed by atoms with van der Waals surface area (Å²) < 4.78 is 9.89. The van der Waals surface area contributed by atoms with Crippen LogP contribution in [0.15, 0.2) is 24.3 Å². The van der Waals surface area contributed by atoms with Crippen LogP contribution in [0.25, 0.3) is 0 Å². The lowest BCUT2D eigenvalue weighted by Gasteiger charge is -2.27. The smallest absolute Gasteiger partial charge is 0.343 e. The standard InChI is InChI=1S/C16H21NO6/c1-4-22-14(20)16(3,15(21)23-5-2)17-12-8-6-11(7-9-12)10-13(18)19/h6-9,17H,4-5,10H2,1-3H3,(H,18,19). The number of benzene rings is 1. The van der Waals surface area contributed by atoms with E-state index in [2.05, 4.69) is 5.32 Å². The van der Waals surface area contributed by atoms with Gasteiger partial charge in [-0.1, -0.05) is 12.1 Å². The summed E-state index contributed by atoms with van der Waals surface area (Å²) in [4.78, 5) is 34.9. The summed E-state index contributed by atoms with van der Waals surface area (Å²) in [5.41, 5.74) is -0.597. The van der Waals surface area contributed by atoms with Gasteiger partial charge < -0.3 is 19.9 Å². The van der Waals surface area contributed by atoms with Crippen LogP contribution in [0.2, 0.25) is 0 Å². The van der Waals surface area contributed by atoms with E-state index in [0.29, 0.717) is 11.3 Å². The van der Waals surface area contributed by atoms with E-state index in [9.17, 15) is 14.4 Å². The molecular formula is C16H21NO6. The third kappa shape index (κ3) is 4.98. The van der Waals surface area contributed by atoms with Crippen LogP contribution < -0.4 is 5.32 Å². The topological polar surface area (TPSA) is 102 Å². The maximum atomic E-state index is 12.1. The molecule has 1 aromatic rings. The Morgan fingerprint density at radius 3 is 1.91 bits per heavy atom. The predicted molar refractivity (Wildman–Crippen MR) is 83.1 cm³/mol. The molecule has 0 aliphatic heterocycles. The molecule has 0 aliphatic carbocycles. The van der Waals surface area contributed by atoms with Crippen LogP contribution in [0.5, 0.6) is 0 Å². The third-order valence-corrected chi connectivity index (χ3v) is 3.07. The molecule has 0 atom stereocenters. The van der Waals surface area contributed by atoms with Crippen molar-refractivity contribution in [2.75, 3.05) is 18.5 Å². The summed E-state index contributed by atoms with van der Waals surface area (Å²) in [6, 6.07) is 6.39. The molecule has 1 aromatic carbocycles. The highest BCUT2D eigenvalue weighted by Gasteiger charge is 2.44. The van der Waals surface area contributed by atoms with Gasteiger partial charge in [0.05, 0.1) is 19.6 Å². The van der Waals surface area contributed by atoms with Crippen molar-refractivity contribution in [1.29, 1.82) is 0 Å². The molecule has 0 saturated heterocycles. The number of carbonyl (C=O) groups excluding carboxylic acids is 2. The molecule has 0 radical (unpaired) electrons. The number of carbonyl (C=O) groups is 3. The molecule has 0 fully saturated rings. The highest BCUT2D eigenvalue weighted by molar-refractivity contribution is 6.07. The van der Waals surface area contributed by atoms with E-state index in [1.54, 1.807) is 38.1 Å². The highest BCUT2D eigenvalue weighted by atomic mass is 16.6. The van der Waals surface area contributed by atoms with Crippen molar-refractivity contribution in [3.05, 3.63) is 29.8 Å². The number of esters is 2. The van der Waals surface area contributed by atoms with Gasteiger partial charge in [-0.25, -0.2) is 9.59 Å². The molecule has 0 saturated carbocycles. The van der Waals surface area contributed by atoms with E-state index in [4.69, 9.17) is 14.6 Å². The van der Waals surface area contributed by atoms with Crippen LogP contribution in [0, 0.1) is 0 Å². The molecule has 1 rings (SSSR count). The van der Waals surface area contributed by atoms with E-state index >= 15 is 0 Å². The predicted octanol–water partition coefficient (Wildman–Crippen LogP) is 1.61. The summed E-state index contributed by atoms with van der Waals surface area (Å²) in [7, 11) is 0. The molecular weight excluding hydrogens is 302 g/mol. The van der Waals surface area contributed by atoms with Gasteiger partial charge in [0.25, 0.3) is 0 Å². The van der Waals surface area contributed by atoms with Crippen molar-refractivity contribution in [2.45, 2.75) is 32.7 Å². The Labute approximate surface area is 134 Å². The average Bonchev–Trinajstić information content (AvgIpc) is 2.49.